The fourth-order valence-corrected chi connectivity index (χ4v) is 4.61. The van der Waals surface area contributed by atoms with E-state index in [1.807, 2.05) is 0 Å². The summed E-state index contributed by atoms with van der Waals surface area (Å²) >= 11 is 5.09. The number of rotatable bonds is 7. The molecule has 2 rings (SSSR count). The van der Waals surface area contributed by atoms with Gasteiger partial charge in [-0.2, -0.15) is 4.98 Å². The van der Waals surface area contributed by atoms with Crippen molar-refractivity contribution in [2.45, 2.75) is 58.7 Å². The third-order valence-electron chi connectivity index (χ3n) is 4.04. The van der Waals surface area contributed by atoms with Gasteiger partial charge in [-0.05, 0) is 36.6 Å². The summed E-state index contributed by atoms with van der Waals surface area (Å²) in [5.74, 6) is 0.115. The van der Waals surface area contributed by atoms with E-state index >= 15 is 0 Å². The molecule has 11 heteroatoms. The molecule has 2 heterocycles. The Bertz CT molecular complexity index is 752. The summed E-state index contributed by atoms with van der Waals surface area (Å²) in [4.78, 5) is 26.3. The number of aromatic nitrogens is 2. The number of ether oxygens (including phenoxy) is 2. The van der Waals surface area contributed by atoms with Gasteiger partial charge >= 0.3 is 12.4 Å². The van der Waals surface area contributed by atoms with Crippen LogP contribution in [0.3, 0.4) is 0 Å². The molecule has 1 saturated heterocycles. The maximum Gasteiger partial charge on any atom is 0.351 e. The van der Waals surface area contributed by atoms with Gasteiger partial charge in [-0.1, -0.05) is 20.8 Å². The normalized spacial score (nSPS) is 28.2. The summed E-state index contributed by atoms with van der Waals surface area (Å²) in [5, 5.41) is 0. The molecule has 1 fully saturated rings. The molecule has 1 aliphatic heterocycles. The lowest BCUT2D eigenvalue weighted by Crippen LogP contribution is -2.38. The van der Waals surface area contributed by atoms with Gasteiger partial charge in [-0.25, -0.2) is 4.79 Å². The van der Waals surface area contributed by atoms with Gasteiger partial charge in [0.15, 0.2) is 6.23 Å². The van der Waals surface area contributed by atoms with Crippen LogP contribution in [0.1, 0.15) is 40.3 Å². The minimum absolute atomic E-state index is 0.104. The smallest absolute Gasteiger partial charge is 0.351 e. The van der Waals surface area contributed by atoms with Crippen molar-refractivity contribution in [3.05, 3.63) is 22.7 Å². The minimum atomic E-state index is -3.48. The second-order valence-corrected chi connectivity index (χ2v) is 10.3. The molecule has 154 valence electrons. The molecule has 0 saturated carbocycles. The van der Waals surface area contributed by atoms with Crippen LogP contribution < -0.4 is 11.4 Å². The van der Waals surface area contributed by atoms with E-state index in [1.54, 1.807) is 6.92 Å². The lowest BCUT2D eigenvalue weighted by Gasteiger charge is -2.29. The van der Waals surface area contributed by atoms with Crippen molar-refractivity contribution in [1.82, 2.24) is 9.55 Å². The monoisotopic (exact) mass is 421 g/mol. The van der Waals surface area contributed by atoms with E-state index in [2.05, 4.69) is 25.8 Å². The van der Waals surface area contributed by atoms with Crippen molar-refractivity contribution in [1.29, 1.82) is 0 Å². The summed E-state index contributed by atoms with van der Waals surface area (Å²) in [6.45, 7) is 4.61. The number of anilines is 1. The molecule has 0 radical (unpaired) electrons. The highest BCUT2D eigenvalue weighted by Gasteiger charge is 2.50. The molecule has 1 aliphatic rings. The first-order chi connectivity index (χ1) is 12.5. The van der Waals surface area contributed by atoms with E-state index in [0.717, 1.165) is 0 Å². The standard InChI is InChI=1S/C16H28N3O6PS/c1-6-23-26(21,27)25-12-10(9-16(2,3)4)24-14(13(12)22-5)19-8-7-11(17)18-15(19)20/h7-8,10,12-14H,6,9H2,1-5H3,(H,21,27)(H2,17,18,20)/t10-,12?,13?,14-,26?/m1/s1. The zero-order chi connectivity index (χ0) is 20.4. The van der Waals surface area contributed by atoms with Gasteiger partial charge in [0, 0.05) is 13.3 Å². The highest BCUT2D eigenvalue weighted by molar-refractivity contribution is 8.07. The number of hydrogen-bond acceptors (Lipinski definition) is 8. The quantitative estimate of drug-likeness (QED) is 0.636. The van der Waals surface area contributed by atoms with Crippen LogP contribution in [-0.4, -0.2) is 46.5 Å². The van der Waals surface area contributed by atoms with Crippen molar-refractivity contribution >= 4 is 24.3 Å². The molecular weight excluding hydrogens is 393 g/mol. The van der Waals surface area contributed by atoms with Crippen molar-refractivity contribution in [2.24, 2.45) is 5.41 Å². The fourth-order valence-electron chi connectivity index (χ4n) is 3.04. The number of hydrogen-bond donors (Lipinski definition) is 2. The first-order valence-corrected chi connectivity index (χ1v) is 11.2. The number of nitrogens with two attached hydrogens (primary N) is 1. The predicted molar refractivity (Wildman–Crippen MR) is 105 cm³/mol. The fraction of sp³-hybridized carbons (Fsp3) is 0.750. The zero-order valence-corrected chi connectivity index (χ0v) is 17.9. The Morgan fingerprint density at radius 2 is 2.11 bits per heavy atom. The predicted octanol–water partition coefficient (Wildman–Crippen LogP) is 1.81. The van der Waals surface area contributed by atoms with Crippen LogP contribution in [-0.2, 0) is 30.3 Å². The molecule has 1 aromatic heterocycles. The average Bonchev–Trinajstić information content (AvgIpc) is 2.82. The van der Waals surface area contributed by atoms with Gasteiger partial charge in [0.2, 0.25) is 0 Å². The van der Waals surface area contributed by atoms with Crippen LogP contribution in [0.4, 0.5) is 5.82 Å². The molecule has 5 atom stereocenters. The summed E-state index contributed by atoms with van der Waals surface area (Å²) in [6, 6.07) is 1.50. The van der Waals surface area contributed by atoms with Crippen molar-refractivity contribution in [3.8, 4) is 0 Å². The highest BCUT2D eigenvalue weighted by Crippen LogP contribution is 2.50. The Morgan fingerprint density at radius 1 is 1.44 bits per heavy atom. The van der Waals surface area contributed by atoms with Gasteiger partial charge in [-0.3, -0.25) is 9.09 Å². The number of nitrogen functional groups attached to an aromatic ring is 1. The van der Waals surface area contributed by atoms with E-state index in [9.17, 15) is 9.69 Å². The molecule has 3 N–H and O–H groups in total. The summed E-state index contributed by atoms with van der Waals surface area (Å²) < 4.78 is 24.0. The Balaban J connectivity index is 2.40. The molecule has 0 aromatic carbocycles. The summed E-state index contributed by atoms with van der Waals surface area (Å²) in [7, 11) is 1.48. The Morgan fingerprint density at radius 3 is 2.63 bits per heavy atom. The van der Waals surface area contributed by atoms with E-state index in [0.29, 0.717) is 6.42 Å². The van der Waals surface area contributed by atoms with E-state index in [4.69, 9.17) is 36.1 Å². The van der Waals surface area contributed by atoms with Gasteiger partial charge in [0.05, 0.1) is 12.7 Å². The lowest BCUT2D eigenvalue weighted by atomic mass is 9.87. The van der Waals surface area contributed by atoms with Crippen LogP contribution in [0.2, 0.25) is 0 Å². The molecule has 0 spiro atoms. The molecule has 0 amide bonds. The maximum absolute atomic E-state index is 12.3. The van der Waals surface area contributed by atoms with Crippen LogP contribution in [0.5, 0.6) is 0 Å². The van der Waals surface area contributed by atoms with Crippen molar-refractivity contribution < 1.29 is 23.4 Å². The van der Waals surface area contributed by atoms with Crippen molar-refractivity contribution in [2.75, 3.05) is 19.5 Å². The van der Waals surface area contributed by atoms with Crippen LogP contribution >= 0.6 is 6.72 Å². The van der Waals surface area contributed by atoms with E-state index in [-0.39, 0.29) is 17.8 Å². The largest absolute Gasteiger partial charge is 0.383 e. The number of methoxy groups -OCH3 is 1. The van der Waals surface area contributed by atoms with Crippen molar-refractivity contribution in [3.63, 3.8) is 0 Å². The third-order valence-corrected chi connectivity index (χ3v) is 5.71. The molecule has 27 heavy (non-hydrogen) atoms. The average molecular weight is 421 g/mol. The highest BCUT2D eigenvalue weighted by atomic mass is 32.5. The molecule has 9 nitrogen and oxygen atoms in total. The van der Waals surface area contributed by atoms with E-state index < -0.39 is 36.9 Å². The first kappa shape index (κ1) is 22.4. The molecular formula is C16H28N3O6PS. The van der Waals surface area contributed by atoms with Gasteiger partial charge in [-0.15, -0.1) is 0 Å². The minimum Gasteiger partial charge on any atom is -0.383 e. The SMILES string of the molecule is CCOP(O)(=S)OC1C(OC)[C@H](n2ccc(N)nc2=O)O[C@@H]1CC(C)(C)C. The Kier molecular flexibility index (Phi) is 7.18. The first-order valence-electron chi connectivity index (χ1n) is 8.66. The van der Waals surface area contributed by atoms with Gasteiger partial charge in [0.25, 0.3) is 0 Å². The molecule has 1 aromatic rings. The van der Waals surface area contributed by atoms with Crippen LogP contribution in [0, 0.1) is 5.41 Å². The molecule has 0 aliphatic carbocycles. The third kappa shape index (κ3) is 5.80. The second-order valence-electron chi connectivity index (χ2n) is 7.53. The van der Waals surface area contributed by atoms with Gasteiger partial charge < -0.3 is 24.6 Å². The number of nitrogens with zero attached hydrogens (tertiary/aromatic N) is 2. The summed E-state index contributed by atoms with van der Waals surface area (Å²) in [5.41, 5.74) is 4.90. The Hall–Kier alpha value is -0.870. The topological polar surface area (TPSA) is 118 Å². The zero-order valence-electron chi connectivity index (χ0n) is 16.2. The Labute approximate surface area is 164 Å². The summed E-state index contributed by atoms with van der Waals surface area (Å²) in [6.07, 6.45) is -0.604. The maximum atomic E-state index is 12.3. The molecule has 3 unspecified atom stereocenters. The molecule has 0 bridgehead atoms. The van der Waals surface area contributed by atoms with Gasteiger partial charge in [0.1, 0.15) is 18.0 Å². The van der Waals surface area contributed by atoms with Crippen LogP contribution in [0.15, 0.2) is 17.1 Å². The lowest BCUT2D eigenvalue weighted by molar-refractivity contribution is -0.0592. The van der Waals surface area contributed by atoms with Crippen LogP contribution in [0.25, 0.3) is 0 Å². The van der Waals surface area contributed by atoms with E-state index in [1.165, 1.54) is 23.9 Å². The second kappa shape index (κ2) is 8.65.